The number of hydrogen-bond acceptors (Lipinski definition) is 3. The number of ether oxygens (including phenoxy) is 2. The Labute approximate surface area is 86.4 Å². The molecule has 1 atom stereocenters. The minimum atomic E-state index is -0.431. The average Bonchev–Trinajstić information content (AvgIpc) is 2.02. The van der Waals surface area contributed by atoms with Crippen LogP contribution < -0.4 is 5.32 Å². The minimum absolute atomic E-state index is 0. The summed E-state index contributed by atoms with van der Waals surface area (Å²) >= 11 is 0. The lowest BCUT2D eigenvalue weighted by atomic mass is 10.1. The number of carbonyl (C=O) groups excluding carboxylic acids is 1. The summed E-state index contributed by atoms with van der Waals surface area (Å²) in [6.45, 7) is 6.95. The van der Waals surface area contributed by atoms with E-state index in [9.17, 15) is 4.79 Å². The maximum atomic E-state index is 11.3. The smallest absolute Gasteiger partial charge is 0.407 e. The van der Waals surface area contributed by atoms with Gasteiger partial charge in [0.1, 0.15) is 5.60 Å². The summed E-state index contributed by atoms with van der Waals surface area (Å²) < 4.78 is 10.4. The molecule has 4 heteroatoms. The highest BCUT2D eigenvalue weighted by molar-refractivity contribution is 5.68. The van der Waals surface area contributed by atoms with Crippen LogP contribution in [-0.2, 0) is 9.47 Å². The lowest BCUT2D eigenvalue weighted by molar-refractivity contribution is 0.0347. The van der Waals surface area contributed by atoms with Gasteiger partial charge in [-0.05, 0) is 33.6 Å². The first kappa shape index (κ1) is 11.3. The van der Waals surface area contributed by atoms with E-state index < -0.39 is 5.60 Å². The van der Waals surface area contributed by atoms with Crippen LogP contribution in [0.25, 0.3) is 0 Å². The number of hydrogen-bond donors (Lipinski definition) is 1. The van der Waals surface area contributed by atoms with Gasteiger partial charge < -0.3 is 14.8 Å². The van der Waals surface area contributed by atoms with Gasteiger partial charge in [-0.25, -0.2) is 4.79 Å². The number of alkyl carbamates (subject to hydrolysis) is 1. The molecule has 1 fully saturated rings. The topological polar surface area (TPSA) is 47.6 Å². The third kappa shape index (κ3) is 4.46. The third-order valence-corrected chi connectivity index (χ3v) is 1.88. The van der Waals surface area contributed by atoms with Crippen molar-refractivity contribution < 1.29 is 15.7 Å². The van der Waals surface area contributed by atoms with Gasteiger partial charge in [0.15, 0.2) is 0 Å². The van der Waals surface area contributed by atoms with Gasteiger partial charge in [-0.3, -0.25) is 0 Å². The molecule has 1 saturated heterocycles. The van der Waals surface area contributed by atoms with Gasteiger partial charge in [-0.15, -0.1) is 0 Å². The molecule has 1 heterocycles. The predicted octanol–water partition coefficient (Wildman–Crippen LogP) is 1.94. The summed E-state index contributed by atoms with van der Waals surface area (Å²) in [7, 11) is 0. The van der Waals surface area contributed by atoms with E-state index in [4.69, 9.17) is 9.47 Å². The van der Waals surface area contributed by atoms with E-state index in [1.54, 1.807) is 0 Å². The fourth-order valence-electron chi connectivity index (χ4n) is 1.33. The molecular weight excluding hydrogens is 182 g/mol. The lowest BCUT2D eigenvalue weighted by Crippen LogP contribution is -2.43. The molecule has 84 valence electrons. The van der Waals surface area contributed by atoms with Gasteiger partial charge in [0.05, 0.1) is 12.6 Å². The zero-order chi connectivity index (χ0) is 10.6. The van der Waals surface area contributed by atoms with Crippen molar-refractivity contribution in [2.45, 2.75) is 45.3 Å². The van der Waals surface area contributed by atoms with Crippen molar-refractivity contribution in [3.63, 3.8) is 0 Å². The molecule has 0 spiro atoms. The minimum Gasteiger partial charge on any atom is -0.444 e. The van der Waals surface area contributed by atoms with Crippen LogP contribution in [0, 0.1) is 0 Å². The first-order valence-corrected chi connectivity index (χ1v) is 5.04. The van der Waals surface area contributed by atoms with Gasteiger partial charge in [-0.2, -0.15) is 0 Å². The molecule has 0 aromatic heterocycles. The summed E-state index contributed by atoms with van der Waals surface area (Å²) in [6, 6.07) is 0.110. The van der Waals surface area contributed by atoms with Crippen LogP contribution in [0.3, 0.4) is 0 Å². The largest absolute Gasteiger partial charge is 0.444 e. The monoisotopic (exact) mass is 203 g/mol. The van der Waals surface area contributed by atoms with Crippen molar-refractivity contribution in [2.75, 3.05) is 13.2 Å². The maximum absolute atomic E-state index is 11.3. The van der Waals surface area contributed by atoms with Crippen LogP contribution in [0.5, 0.6) is 0 Å². The van der Waals surface area contributed by atoms with Crippen LogP contribution in [0.15, 0.2) is 0 Å². The Morgan fingerprint density at radius 2 is 2.29 bits per heavy atom. The first-order valence-electron chi connectivity index (χ1n) is 5.04. The van der Waals surface area contributed by atoms with Crippen LogP contribution >= 0.6 is 0 Å². The summed E-state index contributed by atoms with van der Waals surface area (Å²) in [6.07, 6.45) is 1.62. The molecular formula is C10H21NO3. The molecule has 0 saturated carbocycles. The second kappa shape index (κ2) is 4.64. The van der Waals surface area contributed by atoms with Crippen molar-refractivity contribution in [3.8, 4) is 0 Å². The quantitative estimate of drug-likeness (QED) is 0.708. The van der Waals surface area contributed by atoms with E-state index in [1.165, 1.54) is 0 Å². The van der Waals surface area contributed by atoms with E-state index in [0.717, 1.165) is 19.4 Å². The molecule has 4 nitrogen and oxygen atoms in total. The zero-order valence-corrected chi connectivity index (χ0v) is 9.13. The Kier molecular flexibility index (Phi) is 3.75. The fraction of sp³-hybridized carbons (Fsp3) is 0.900. The highest BCUT2D eigenvalue weighted by Gasteiger charge is 2.20. The van der Waals surface area contributed by atoms with Crippen molar-refractivity contribution >= 4 is 6.09 Å². The van der Waals surface area contributed by atoms with Crippen molar-refractivity contribution in [3.05, 3.63) is 0 Å². The summed E-state index contributed by atoms with van der Waals surface area (Å²) in [5.74, 6) is 0. The molecule has 14 heavy (non-hydrogen) atoms. The van der Waals surface area contributed by atoms with Crippen LogP contribution in [0.4, 0.5) is 4.79 Å². The van der Waals surface area contributed by atoms with E-state index in [2.05, 4.69) is 5.32 Å². The standard InChI is InChI=1S/C10H19NO3.H2/c1-10(2,3)14-9(12)11-8-5-4-6-13-7-8;/h8H,4-7H2,1-3H3,(H,11,12);1H/t8-;/m0./s1. The van der Waals surface area contributed by atoms with Crippen molar-refractivity contribution in [1.82, 2.24) is 5.32 Å². The van der Waals surface area contributed by atoms with Gasteiger partial charge in [0.25, 0.3) is 0 Å². The lowest BCUT2D eigenvalue weighted by Gasteiger charge is -2.25. The van der Waals surface area contributed by atoms with Crippen LogP contribution in [0.1, 0.15) is 35.0 Å². The molecule has 0 aromatic carbocycles. The molecule has 1 aliphatic rings. The molecule has 0 bridgehead atoms. The van der Waals surface area contributed by atoms with Crippen molar-refractivity contribution in [1.29, 1.82) is 0 Å². The Morgan fingerprint density at radius 3 is 2.79 bits per heavy atom. The van der Waals surface area contributed by atoms with Crippen molar-refractivity contribution in [2.24, 2.45) is 0 Å². The number of nitrogens with one attached hydrogen (secondary N) is 1. The average molecular weight is 203 g/mol. The van der Waals surface area contributed by atoms with Crippen LogP contribution in [0.2, 0.25) is 0 Å². The molecule has 1 N–H and O–H groups in total. The SMILES string of the molecule is CC(C)(C)OC(=O)N[C@H]1CCCOC1.[HH]. The van der Waals surface area contributed by atoms with E-state index in [0.29, 0.717) is 6.61 Å². The van der Waals surface area contributed by atoms with Crippen LogP contribution in [-0.4, -0.2) is 30.9 Å². The first-order chi connectivity index (χ1) is 6.47. The van der Waals surface area contributed by atoms with Gasteiger partial charge in [0.2, 0.25) is 0 Å². The third-order valence-electron chi connectivity index (χ3n) is 1.88. The second-order valence-corrected chi connectivity index (χ2v) is 4.56. The second-order valence-electron chi connectivity index (χ2n) is 4.56. The normalized spacial score (nSPS) is 22.9. The molecule has 0 aliphatic carbocycles. The molecule has 1 rings (SSSR count). The fourth-order valence-corrected chi connectivity index (χ4v) is 1.33. The Morgan fingerprint density at radius 1 is 1.57 bits per heavy atom. The number of rotatable bonds is 1. The summed E-state index contributed by atoms with van der Waals surface area (Å²) in [4.78, 5) is 11.3. The Bertz CT molecular complexity index is 197. The highest BCUT2D eigenvalue weighted by Crippen LogP contribution is 2.09. The molecule has 1 amide bonds. The zero-order valence-electron chi connectivity index (χ0n) is 9.13. The maximum Gasteiger partial charge on any atom is 0.407 e. The summed E-state index contributed by atoms with van der Waals surface area (Å²) in [5.41, 5.74) is -0.431. The summed E-state index contributed by atoms with van der Waals surface area (Å²) in [5, 5.41) is 2.79. The van der Waals surface area contributed by atoms with E-state index in [1.807, 2.05) is 20.8 Å². The van der Waals surface area contributed by atoms with Gasteiger partial charge in [0, 0.05) is 8.03 Å². The Balaban J connectivity index is 0.00000196. The van der Waals surface area contributed by atoms with E-state index in [-0.39, 0.29) is 13.6 Å². The molecule has 0 unspecified atom stereocenters. The molecule has 0 radical (unpaired) electrons. The molecule has 1 aliphatic heterocycles. The van der Waals surface area contributed by atoms with Gasteiger partial charge >= 0.3 is 6.09 Å². The number of carbonyl (C=O) groups is 1. The Hall–Kier alpha value is -0.770. The highest BCUT2D eigenvalue weighted by atomic mass is 16.6. The molecule has 0 aromatic rings. The predicted molar refractivity (Wildman–Crippen MR) is 55.3 cm³/mol. The number of amides is 1. The van der Waals surface area contributed by atoms with E-state index >= 15 is 0 Å². The van der Waals surface area contributed by atoms with Gasteiger partial charge in [-0.1, -0.05) is 0 Å².